The quantitative estimate of drug-likeness (QED) is 0.150. The number of benzene rings is 6. The highest BCUT2D eigenvalue weighted by atomic mass is 16.5. The topological polar surface area (TPSA) is 46.0 Å². The van der Waals surface area contributed by atoms with E-state index >= 15 is 0 Å². The highest BCUT2D eigenvalue weighted by Crippen LogP contribution is 2.46. The Morgan fingerprint density at radius 3 is 1.66 bits per heavy atom. The molecule has 6 aromatic carbocycles. The Morgan fingerprint density at radius 1 is 0.425 bits per heavy atom. The fourth-order valence-corrected chi connectivity index (χ4v) is 9.89. The van der Waals surface area contributed by atoms with Gasteiger partial charge in [0.25, 0.3) is 5.69 Å². The standard InChI is InChI=1S/C67H71N5O/c1-63(2,3)46-28-31-69-61(39-46)72-58-25-22-44(45-32-47(64(4,5)6)35-48(33-45)65(7,8)9)34-57(58)56-24-23-54(41-60(56)72)73-53-19-16-18-51(40-53)70-42-71(52-37-49(66(10,11)12)36-50(38-52)67(13,14)15)62-55(20-17-21-59(62)70)43-26-29-68-30-27-43/h16-41H,1-15H3/q+2. The summed E-state index contributed by atoms with van der Waals surface area (Å²) in [4.78, 5) is 9.39. The van der Waals surface area contributed by atoms with Gasteiger partial charge in [-0.15, -0.1) is 0 Å². The predicted octanol–water partition coefficient (Wildman–Crippen LogP) is 18.0. The summed E-state index contributed by atoms with van der Waals surface area (Å²) in [5.74, 6) is 2.33. The number of pyridine rings is 2. The number of hydrogen-bond donors (Lipinski definition) is 0. The van der Waals surface area contributed by atoms with Crippen molar-refractivity contribution in [2.75, 3.05) is 0 Å². The molecule has 73 heavy (non-hydrogen) atoms. The van der Waals surface area contributed by atoms with Crippen LogP contribution in [0, 0.1) is 0 Å². The molecule has 4 heterocycles. The van der Waals surface area contributed by atoms with Crippen molar-refractivity contribution in [2.24, 2.45) is 0 Å². The molecule has 0 radical (unpaired) electrons. The number of fused-ring (bicyclic) bond motifs is 4. The summed E-state index contributed by atoms with van der Waals surface area (Å²) in [7, 11) is 0. The van der Waals surface area contributed by atoms with Crippen molar-refractivity contribution < 1.29 is 4.74 Å². The maximum atomic E-state index is 6.92. The van der Waals surface area contributed by atoms with Crippen LogP contribution in [0.5, 0.6) is 11.5 Å². The Morgan fingerprint density at radius 2 is 1.03 bits per heavy atom. The highest BCUT2D eigenvalue weighted by Gasteiger charge is 2.40. The van der Waals surface area contributed by atoms with Gasteiger partial charge < -0.3 is 4.74 Å². The Balaban J connectivity index is 1.11. The van der Waals surface area contributed by atoms with Crippen molar-refractivity contribution >= 4 is 50.6 Å². The minimum absolute atomic E-state index is 0.00469. The van der Waals surface area contributed by atoms with E-state index in [4.69, 9.17) is 9.72 Å². The van der Waals surface area contributed by atoms with Crippen LogP contribution in [-0.2, 0) is 27.1 Å². The van der Waals surface area contributed by atoms with E-state index in [0.717, 1.165) is 67.6 Å². The fraction of sp³-hybridized carbons (Fsp3) is 0.299. The molecule has 1 aliphatic rings. The minimum atomic E-state index is -0.0586. The zero-order valence-electron chi connectivity index (χ0n) is 45.7. The van der Waals surface area contributed by atoms with Crippen LogP contribution >= 0.6 is 0 Å². The lowest BCUT2D eigenvalue weighted by molar-refractivity contribution is 0.483. The zero-order chi connectivity index (χ0) is 52.0. The number of aromatic nitrogens is 3. The second-order valence-corrected chi connectivity index (χ2v) is 25.2. The normalized spacial score (nSPS) is 13.4. The number of nitrogens with zero attached hydrogens (tertiary/aromatic N) is 5. The van der Waals surface area contributed by atoms with Crippen LogP contribution in [0.2, 0.25) is 0 Å². The Bertz CT molecular complexity index is 3630. The van der Waals surface area contributed by atoms with Crippen LogP contribution in [0.15, 0.2) is 158 Å². The average Bonchev–Trinajstić information content (AvgIpc) is 3.89. The molecule has 0 N–H and O–H groups in total. The smallest absolute Gasteiger partial charge is 0.457 e. The van der Waals surface area contributed by atoms with Crippen molar-refractivity contribution in [2.45, 2.75) is 131 Å². The summed E-state index contributed by atoms with van der Waals surface area (Å²) >= 11 is 0. The van der Waals surface area contributed by atoms with Gasteiger partial charge >= 0.3 is 11.7 Å². The van der Waals surface area contributed by atoms with Gasteiger partial charge in [0.2, 0.25) is 11.4 Å². The van der Waals surface area contributed by atoms with Crippen molar-refractivity contribution in [3.63, 3.8) is 0 Å². The van der Waals surface area contributed by atoms with Crippen molar-refractivity contribution in [1.82, 2.24) is 23.7 Å². The third-order valence-electron chi connectivity index (χ3n) is 14.5. The van der Waals surface area contributed by atoms with E-state index in [1.807, 2.05) is 24.7 Å². The summed E-state index contributed by atoms with van der Waals surface area (Å²) in [5.41, 5.74) is 17.1. The molecule has 368 valence electrons. The van der Waals surface area contributed by atoms with E-state index in [1.54, 1.807) is 0 Å². The van der Waals surface area contributed by atoms with Crippen LogP contribution in [0.4, 0.5) is 22.7 Å². The largest absolute Gasteiger partial charge is 0.503 e. The monoisotopic (exact) mass is 962 g/mol. The van der Waals surface area contributed by atoms with Crippen LogP contribution < -0.4 is 13.9 Å². The van der Waals surface area contributed by atoms with Gasteiger partial charge in [0.1, 0.15) is 17.3 Å². The van der Waals surface area contributed by atoms with Crippen LogP contribution in [0.3, 0.4) is 0 Å². The molecule has 0 unspecified atom stereocenters. The van der Waals surface area contributed by atoms with E-state index in [2.05, 4.69) is 262 Å². The molecule has 0 fully saturated rings. The molecule has 0 saturated heterocycles. The van der Waals surface area contributed by atoms with E-state index in [9.17, 15) is 0 Å². The molecule has 6 nitrogen and oxygen atoms in total. The van der Waals surface area contributed by atoms with Gasteiger partial charge in [-0.2, -0.15) is 0 Å². The Hall–Kier alpha value is -7.40. The summed E-state index contributed by atoms with van der Waals surface area (Å²) in [6.45, 7) is 34.3. The maximum absolute atomic E-state index is 6.92. The summed E-state index contributed by atoms with van der Waals surface area (Å²) in [6, 6.07) is 54.8. The molecule has 0 atom stereocenters. The predicted molar refractivity (Wildman–Crippen MR) is 308 cm³/mol. The molecule has 0 saturated carbocycles. The van der Waals surface area contributed by atoms with Gasteiger partial charge in [0, 0.05) is 59.7 Å². The number of ether oxygens (including phenoxy) is 1. The summed E-state index contributed by atoms with van der Waals surface area (Å²) in [5, 5.41) is 2.30. The van der Waals surface area contributed by atoms with Gasteiger partial charge in [-0.25, -0.2) is 4.98 Å². The molecule has 0 amide bonds. The van der Waals surface area contributed by atoms with E-state index in [-0.39, 0.29) is 27.1 Å². The highest BCUT2D eigenvalue weighted by molar-refractivity contribution is 6.11. The molecule has 6 heteroatoms. The molecular weight excluding hydrogens is 891 g/mol. The number of rotatable bonds is 7. The molecule has 0 bridgehead atoms. The first-order valence-electron chi connectivity index (χ1n) is 25.9. The van der Waals surface area contributed by atoms with Gasteiger partial charge in [0.05, 0.1) is 22.7 Å². The molecular formula is C67H71N5O+2. The van der Waals surface area contributed by atoms with Crippen molar-refractivity contribution in [3.05, 3.63) is 186 Å². The van der Waals surface area contributed by atoms with Gasteiger partial charge in [-0.1, -0.05) is 146 Å². The first-order chi connectivity index (χ1) is 34.3. The number of hydrogen-bond acceptors (Lipinski definition) is 3. The van der Waals surface area contributed by atoms with Crippen molar-refractivity contribution in [3.8, 4) is 39.6 Å². The molecule has 9 aromatic rings. The van der Waals surface area contributed by atoms with Crippen LogP contribution in [-0.4, -0.2) is 20.5 Å². The molecule has 1 aliphatic heterocycles. The molecule has 3 aromatic heterocycles. The third-order valence-corrected chi connectivity index (χ3v) is 14.5. The van der Waals surface area contributed by atoms with E-state index in [1.165, 1.54) is 44.3 Å². The van der Waals surface area contributed by atoms with Crippen LogP contribution in [0.25, 0.3) is 49.9 Å². The summed E-state index contributed by atoms with van der Waals surface area (Å²) < 4.78 is 13.6. The van der Waals surface area contributed by atoms with Gasteiger partial charge in [0.15, 0.2) is 0 Å². The SMILES string of the molecule is CC(C)(C)c1cc(-c2ccc3c(c2)c2ccc(Oc4cccc([N+]5=C=[N+](c6cc(C(C)(C)C)cc(C(C)(C)C)c6)c6c(-c7ccncc7)cccc65)c4)cc2n3-c2cc(C(C)(C)C)ccn2)cc(C(C)(C)C)c1. The molecule has 10 rings (SSSR count). The lowest BCUT2D eigenvalue weighted by Crippen LogP contribution is -2.17. The first-order valence-corrected chi connectivity index (χ1v) is 25.9. The second kappa shape index (κ2) is 17.7. The molecule has 0 aliphatic carbocycles. The lowest BCUT2D eigenvalue weighted by atomic mass is 9.79. The van der Waals surface area contributed by atoms with Gasteiger partial charge in [-0.3, -0.25) is 9.55 Å². The minimum Gasteiger partial charge on any atom is -0.457 e. The lowest BCUT2D eigenvalue weighted by Gasteiger charge is -2.26. The molecule has 0 spiro atoms. The first kappa shape index (κ1) is 49.2. The van der Waals surface area contributed by atoms with Crippen LogP contribution in [0.1, 0.15) is 132 Å². The van der Waals surface area contributed by atoms with Gasteiger partial charge in [-0.05, 0) is 141 Å². The van der Waals surface area contributed by atoms with E-state index in [0.29, 0.717) is 0 Å². The maximum Gasteiger partial charge on any atom is 0.503 e. The number of para-hydroxylation sites is 1. The summed E-state index contributed by atoms with van der Waals surface area (Å²) in [6.07, 6.45) is 5.66. The van der Waals surface area contributed by atoms with Crippen molar-refractivity contribution in [1.29, 1.82) is 0 Å². The zero-order valence-corrected chi connectivity index (χ0v) is 45.7. The fourth-order valence-electron chi connectivity index (χ4n) is 9.89. The van der Waals surface area contributed by atoms with E-state index < -0.39 is 0 Å². The third kappa shape index (κ3) is 9.58. The second-order valence-electron chi connectivity index (χ2n) is 25.2. The Kier molecular flexibility index (Phi) is 11.9. The average molecular weight is 962 g/mol. The Labute approximate surface area is 433 Å².